The number of hydrogen-bond acceptors (Lipinski definition) is 7. The Morgan fingerprint density at radius 2 is 2.09 bits per heavy atom. The third-order valence-corrected chi connectivity index (χ3v) is 8.32. The first kappa shape index (κ1) is 24.3. The molecule has 34 heavy (non-hydrogen) atoms. The van der Waals surface area contributed by atoms with Gasteiger partial charge in [0.1, 0.15) is 16.1 Å². The van der Waals surface area contributed by atoms with E-state index in [4.69, 9.17) is 4.74 Å². The van der Waals surface area contributed by atoms with Gasteiger partial charge in [0.2, 0.25) is 5.91 Å². The van der Waals surface area contributed by atoms with Gasteiger partial charge in [-0.15, -0.1) is 23.1 Å². The Morgan fingerprint density at radius 3 is 2.68 bits per heavy atom. The normalized spacial score (nSPS) is 20.4. The molecular formula is C24H29N5O3S2. The van der Waals surface area contributed by atoms with E-state index in [-0.39, 0.29) is 23.8 Å². The lowest BCUT2D eigenvalue weighted by Crippen LogP contribution is -2.61. The van der Waals surface area contributed by atoms with Gasteiger partial charge < -0.3 is 15.0 Å². The number of carbonyl (C=O) groups is 2. The van der Waals surface area contributed by atoms with E-state index >= 15 is 0 Å². The number of aromatic nitrogens is 3. The highest BCUT2D eigenvalue weighted by atomic mass is 32.2. The molecule has 1 aliphatic rings. The van der Waals surface area contributed by atoms with Crippen LogP contribution in [0.25, 0.3) is 0 Å². The lowest BCUT2D eigenvalue weighted by Gasteiger charge is -2.38. The van der Waals surface area contributed by atoms with Gasteiger partial charge in [0, 0.05) is 42.3 Å². The Kier molecular flexibility index (Phi) is 6.73. The number of methoxy groups -OCH3 is 1. The summed E-state index contributed by atoms with van der Waals surface area (Å²) in [4.78, 5) is 33.8. The highest BCUT2D eigenvalue weighted by Gasteiger charge is 2.56. The van der Waals surface area contributed by atoms with Crippen LogP contribution in [0.3, 0.4) is 0 Å². The van der Waals surface area contributed by atoms with Crippen molar-refractivity contribution in [1.82, 2.24) is 25.0 Å². The van der Waals surface area contributed by atoms with Gasteiger partial charge in [-0.05, 0) is 29.2 Å². The second-order valence-electron chi connectivity index (χ2n) is 9.19. The van der Waals surface area contributed by atoms with Crippen molar-refractivity contribution in [3.8, 4) is 5.75 Å². The third kappa shape index (κ3) is 4.32. The first-order chi connectivity index (χ1) is 16.2. The molecule has 2 aromatic heterocycles. The molecule has 0 radical (unpaired) electrons. The number of likely N-dealkylation sites (N-methyl/N-ethyl adjacent to an activating group) is 1. The zero-order valence-electron chi connectivity index (χ0n) is 19.9. The first-order valence-corrected chi connectivity index (χ1v) is 12.9. The summed E-state index contributed by atoms with van der Waals surface area (Å²) >= 11 is 3.01. The minimum absolute atomic E-state index is 0.147. The van der Waals surface area contributed by atoms with Crippen molar-refractivity contribution in [2.45, 2.75) is 43.6 Å². The third-order valence-electron chi connectivity index (χ3n) is 5.95. The highest BCUT2D eigenvalue weighted by molar-refractivity contribution is 8.00. The maximum Gasteiger partial charge on any atom is 0.256 e. The minimum Gasteiger partial charge on any atom is -0.496 e. The molecule has 4 rings (SSSR count). The maximum absolute atomic E-state index is 14.2. The van der Waals surface area contributed by atoms with Gasteiger partial charge in [-0.2, -0.15) is 5.10 Å². The number of carbonyl (C=O) groups excluding carboxylic acids is 2. The van der Waals surface area contributed by atoms with Crippen molar-refractivity contribution in [1.29, 1.82) is 0 Å². The number of nitrogens with zero attached hydrogens (tertiary/aromatic N) is 4. The standard InChI is InChI=1S/C24H29N5O3S2/c1-23(2,3)17-8-7-16(13-18(17)32-5)20(30)29-21(19-26-10-12-33-19)34-15-24(29,22(31)25-4)14-28-11-6-9-27-28/h6-13,21H,14-15H2,1-5H3,(H,25,31). The summed E-state index contributed by atoms with van der Waals surface area (Å²) in [5.41, 5.74) is 0.177. The molecule has 1 aromatic carbocycles. The summed E-state index contributed by atoms with van der Waals surface area (Å²) in [5.74, 6) is 0.578. The molecule has 2 amide bonds. The molecule has 3 heterocycles. The van der Waals surface area contributed by atoms with Gasteiger partial charge in [-0.1, -0.05) is 26.8 Å². The van der Waals surface area contributed by atoms with Crippen LogP contribution in [0.15, 0.2) is 48.2 Å². The average molecular weight is 500 g/mol. The van der Waals surface area contributed by atoms with Gasteiger partial charge in [-0.3, -0.25) is 14.3 Å². The number of thioether (sulfide) groups is 1. The lowest BCUT2D eigenvalue weighted by atomic mass is 9.85. The Bertz CT molecular complexity index is 1160. The summed E-state index contributed by atoms with van der Waals surface area (Å²) in [6, 6.07) is 7.33. The van der Waals surface area contributed by atoms with Crippen LogP contribution in [0, 0.1) is 0 Å². The van der Waals surface area contributed by atoms with Crippen LogP contribution in [0.4, 0.5) is 0 Å². The largest absolute Gasteiger partial charge is 0.496 e. The zero-order chi connectivity index (χ0) is 24.5. The number of rotatable bonds is 6. The summed E-state index contributed by atoms with van der Waals surface area (Å²) in [6.07, 6.45) is 5.19. The summed E-state index contributed by atoms with van der Waals surface area (Å²) in [7, 11) is 3.20. The quantitative estimate of drug-likeness (QED) is 0.556. The maximum atomic E-state index is 14.2. The molecule has 0 bridgehead atoms. The Balaban J connectivity index is 1.83. The van der Waals surface area contributed by atoms with Gasteiger partial charge in [0.25, 0.3) is 5.91 Å². The van der Waals surface area contributed by atoms with E-state index in [0.29, 0.717) is 17.1 Å². The second kappa shape index (κ2) is 9.42. The van der Waals surface area contributed by atoms with Gasteiger partial charge in [0.15, 0.2) is 5.54 Å². The van der Waals surface area contributed by atoms with Crippen molar-refractivity contribution >= 4 is 34.9 Å². The second-order valence-corrected chi connectivity index (χ2v) is 11.2. The Labute approximate surface area is 207 Å². The van der Waals surface area contributed by atoms with Crippen LogP contribution in [0.5, 0.6) is 5.75 Å². The minimum atomic E-state index is -1.14. The molecule has 1 aliphatic heterocycles. The van der Waals surface area contributed by atoms with Crippen LogP contribution in [-0.2, 0) is 16.8 Å². The topological polar surface area (TPSA) is 89.4 Å². The van der Waals surface area contributed by atoms with E-state index in [2.05, 4.69) is 36.2 Å². The number of hydrogen-bond donors (Lipinski definition) is 1. The van der Waals surface area contributed by atoms with E-state index in [9.17, 15) is 9.59 Å². The fourth-order valence-corrected chi connectivity index (χ4v) is 6.69. The molecule has 8 nitrogen and oxygen atoms in total. The molecule has 1 N–H and O–H groups in total. The monoisotopic (exact) mass is 499 g/mol. The predicted octanol–water partition coefficient (Wildman–Crippen LogP) is 3.72. The van der Waals surface area contributed by atoms with E-state index < -0.39 is 10.9 Å². The van der Waals surface area contributed by atoms with Crippen LogP contribution < -0.4 is 10.1 Å². The van der Waals surface area contributed by atoms with Crippen LogP contribution in [0.1, 0.15) is 47.1 Å². The Morgan fingerprint density at radius 1 is 1.29 bits per heavy atom. The fourth-order valence-electron chi connectivity index (χ4n) is 4.27. The molecule has 0 aliphatic carbocycles. The molecular weight excluding hydrogens is 470 g/mol. The smallest absolute Gasteiger partial charge is 0.256 e. The van der Waals surface area contributed by atoms with E-state index in [1.807, 2.05) is 17.5 Å². The van der Waals surface area contributed by atoms with Crippen molar-refractivity contribution in [3.63, 3.8) is 0 Å². The number of ether oxygens (including phenoxy) is 1. The number of nitrogens with one attached hydrogen (secondary N) is 1. The molecule has 2 atom stereocenters. The molecule has 1 fully saturated rings. The molecule has 180 valence electrons. The predicted molar refractivity (Wildman–Crippen MR) is 134 cm³/mol. The van der Waals surface area contributed by atoms with Crippen molar-refractivity contribution in [2.24, 2.45) is 0 Å². The molecule has 0 saturated carbocycles. The number of benzene rings is 1. The summed E-state index contributed by atoms with van der Waals surface area (Å²) in [6.45, 7) is 6.53. The average Bonchev–Trinajstić information content (AvgIpc) is 3.58. The van der Waals surface area contributed by atoms with Gasteiger partial charge in [0.05, 0.1) is 13.7 Å². The number of amides is 2. The Hall–Kier alpha value is -2.85. The molecule has 3 aromatic rings. The van der Waals surface area contributed by atoms with Crippen LogP contribution in [-0.4, -0.2) is 56.9 Å². The van der Waals surface area contributed by atoms with E-state index in [0.717, 1.165) is 10.6 Å². The number of thiazole rings is 1. The van der Waals surface area contributed by atoms with Crippen LogP contribution in [0.2, 0.25) is 0 Å². The summed E-state index contributed by atoms with van der Waals surface area (Å²) in [5, 5.41) is 9.37. The first-order valence-electron chi connectivity index (χ1n) is 10.9. The summed E-state index contributed by atoms with van der Waals surface area (Å²) < 4.78 is 7.35. The lowest BCUT2D eigenvalue weighted by molar-refractivity contribution is -0.131. The van der Waals surface area contributed by atoms with Crippen molar-refractivity contribution < 1.29 is 14.3 Å². The molecule has 0 spiro atoms. The highest BCUT2D eigenvalue weighted by Crippen LogP contribution is 2.49. The molecule has 10 heteroatoms. The van der Waals surface area contributed by atoms with Gasteiger partial charge >= 0.3 is 0 Å². The van der Waals surface area contributed by atoms with Crippen LogP contribution >= 0.6 is 23.1 Å². The van der Waals surface area contributed by atoms with E-state index in [1.54, 1.807) is 66.2 Å². The van der Waals surface area contributed by atoms with Gasteiger partial charge in [-0.25, -0.2) is 4.98 Å². The van der Waals surface area contributed by atoms with Crippen molar-refractivity contribution in [2.75, 3.05) is 19.9 Å². The fraction of sp³-hybridized carbons (Fsp3) is 0.417. The zero-order valence-corrected chi connectivity index (χ0v) is 21.6. The molecule has 2 unspecified atom stereocenters. The SMILES string of the molecule is CNC(=O)C1(Cn2cccn2)CSC(c2nccs2)N1C(=O)c1ccc(C(C)(C)C)c(OC)c1. The molecule has 1 saturated heterocycles. The van der Waals surface area contributed by atoms with E-state index in [1.165, 1.54) is 11.3 Å². The van der Waals surface area contributed by atoms with Crippen molar-refractivity contribution in [3.05, 3.63) is 64.4 Å².